The summed E-state index contributed by atoms with van der Waals surface area (Å²) in [6, 6.07) is 65.5. The summed E-state index contributed by atoms with van der Waals surface area (Å²) < 4.78 is 106. The molecule has 1 unspecified atom stereocenters. The van der Waals surface area contributed by atoms with Crippen molar-refractivity contribution >= 4 is 131 Å². The van der Waals surface area contributed by atoms with Crippen LogP contribution in [0, 0.1) is 34.5 Å². The van der Waals surface area contributed by atoms with E-state index in [0.717, 1.165) is 206 Å². The average molecular weight is 1520 g/mol. The van der Waals surface area contributed by atoms with Crippen molar-refractivity contribution in [1.29, 1.82) is 0 Å². The van der Waals surface area contributed by atoms with Gasteiger partial charge in [0.1, 0.15) is 28.2 Å². The molecular weight excluding hydrogens is 1410 g/mol. The van der Waals surface area contributed by atoms with Crippen LogP contribution in [0.3, 0.4) is 0 Å². The van der Waals surface area contributed by atoms with Gasteiger partial charge in [-0.15, -0.1) is 0 Å². The summed E-state index contributed by atoms with van der Waals surface area (Å²) in [7, 11) is 7.89. The van der Waals surface area contributed by atoms with Gasteiger partial charge in [-0.1, -0.05) is 143 Å². The van der Waals surface area contributed by atoms with Gasteiger partial charge < -0.3 is 17.7 Å². The summed E-state index contributed by atoms with van der Waals surface area (Å²) in [4.78, 5) is 17.8. The van der Waals surface area contributed by atoms with Crippen molar-refractivity contribution in [1.82, 2.24) is 19.9 Å². The van der Waals surface area contributed by atoms with Crippen LogP contribution in [0.25, 0.3) is 176 Å². The van der Waals surface area contributed by atoms with Gasteiger partial charge in [0.2, 0.25) is 45.6 Å². The fourth-order valence-corrected chi connectivity index (χ4v) is 18.5. The maximum atomic E-state index is 9.18. The molecule has 2 saturated carbocycles. The number of furan rings is 4. The van der Waals surface area contributed by atoms with E-state index in [-0.39, 0.29) is 0 Å². The number of rotatable bonds is 7. The van der Waals surface area contributed by atoms with E-state index in [0.29, 0.717) is 34.0 Å². The second kappa shape index (κ2) is 29.6. The fraction of sp³-hybridized carbons (Fsp3) is 0.223. The smallest absolute Gasteiger partial charge is 0.227 e. The van der Waals surface area contributed by atoms with Gasteiger partial charge in [-0.25, -0.2) is 38.2 Å². The molecule has 2 aliphatic rings. The summed E-state index contributed by atoms with van der Waals surface area (Å²) in [6.45, 7) is 5.36. The highest BCUT2D eigenvalue weighted by Crippen LogP contribution is 2.49. The first-order valence-corrected chi connectivity index (χ1v) is 39.9. The van der Waals surface area contributed by atoms with Crippen molar-refractivity contribution in [3.63, 3.8) is 0 Å². The van der Waals surface area contributed by atoms with Crippen LogP contribution in [-0.4, -0.2) is 19.9 Å². The Morgan fingerprint density at radius 3 is 1.00 bits per heavy atom. The Bertz CT molecular complexity index is 7720. The largest absolute Gasteiger partial charge is 0.437 e. The summed E-state index contributed by atoms with van der Waals surface area (Å²) in [5.41, 5.74) is 21.3. The first kappa shape index (κ1) is 62.7. The second-order valence-electron chi connectivity index (χ2n) is 31.1. The fourth-order valence-electron chi connectivity index (χ4n) is 18.5. The monoisotopic (exact) mass is 1520 g/mol. The highest BCUT2D eigenvalue weighted by Gasteiger charge is 2.32. The Hall–Kier alpha value is -12.8. The molecule has 22 rings (SSSR count). The summed E-state index contributed by atoms with van der Waals surface area (Å²) >= 11 is 0. The van der Waals surface area contributed by atoms with Crippen molar-refractivity contribution in [2.75, 3.05) is 0 Å². The number of nitrogens with zero attached hydrogens (tertiary/aromatic N) is 8. The van der Waals surface area contributed by atoms with Gasteiger partial charge in [0.15, 0.2) is 47.1 Å². The van der Waals surface area contributed by atoms with Crippen molar-refractivity contribution in [2.45, 2.75) is 124 Å². The van der Waals surface area contributed by atoms with Gasteiger partial charge in [-0.2, -0.15) is 0 Å². The van der Waals surface area contributed by atoms with Crippen LogP contribution in [0.2, 0.25) is 0 Å². The van der Waals surface area contributed by atoms with Gasteiger partial charge in [0.25, 0.3) is 0 Å². The molecule has 0 spiro atoms. The lowest BCUT2D eigenvalue weighted by molar-refractivity contribution is -0.660. The third kappa shape index (κ3) is 12.5. The van der Waals surface area contributed by atoms with Gasteiger partial charge in [-0.3, -0.25) is 0 Å². The molecule has 0 radical (unpaired) electrons. The molecule has 0 amide bonds. The van der Waals surface area contributed by atoms with Crippen molar-refractivity contribution in [3.8, 4) is 45.0 Å². The Morgan fingerprint density at radius 2 is 0.670 bits per heavy atom. The first-order chi connectivity index (χ1) is 59.6. The van der Waals surface area contributed by atoms with E-state index in [9.17, 15) is 1.37 Å². The van der Waals surface area contributed by atoms with E-state index in [4.69, 9.17) is 28.6 Å². The number of hydrogen-bond acceptors (Lipinski definition) is 8. The van der Waals surface area contributed by atoms with Crippen LogP contribution in [0.5, 0.6) is 0 Å². The van der Waals surface area contributed by atoms with Crippen molar-refractivity contribution < 1.29 is 48.3 Å². The molecule has 0 saturated heterocycles. The Kier molecular flexibility index (Phi) is 16.2. The van der Waals surface area contributed by atoms with Crippen LogP contribution in [0.1, 0.15) is 146 Å². The Labute approximate surface area is 681 Å². The van der Waals surface area contributed by atoms with Crippen LogP contribution in [0.15, 0.2) is 261 Å². The number of aromatic nitrogens is 8. The summed E-state index contributed by atoms with van der Waals surface area (Å²) in [6.07, 6.45) is 24.1. The maximum absolute atomic E-state index is 9.18. The number of aryl methyl sites for hydroxylation is 9. The quantitative estimate of drug-likeness (QED) is 0.145. The molecule has 12 aromatic heterocycles. The predicted octanol–water partition coefficient (Wildman–Crippen LogP) is 24.9. The minimum atomic E-state index is -2.43. The summed E-state index contributed by atoms with van der Waals surface area (Å²) in [5, 5.41) is 17.6. The van der Waals surface area contributed by atoms with Crippen molar-refractivity contribution in [3.05, 3.63) is 288 Å². The minimum Gasteiger partial charge on any atom is -0.437 e. The lowest BCUT2D eigenvalue weighted by atomic mass is 9.83. The van der Waals surface area contributed by atoms with E-state index in [1.807, 2.05) is 96.0 Å². The zero-order valence-electron chi connectivity index (χ0n) is 75.2. The molecule has 12 heteroatoms. The predicted molar refractivity (Wildman–Crippen MR) is 467 cm³/mol. The second-order valence-corrected chi connectivity index (χ2v) is 31.1. The standard InChI is InChI=1S/C28H27N2O.C27H25N2O.C25H23N2O.C23H19N2O/c1-18-21-11-6-7-12-22(21)26-23-13-8-15-29-28(23)31-27(26)25(18)24-17-20(14-16-30(24)2)19-9-4-3-5-10-19;1-17-20-10-5-6-11-21(20)25-22-12-7-14-28-27(22)30-26(25)24(17)23-16-19(13-15-29(23)2)18-8-3-4-9-18;1-15(2)17-11-12-21(27(4)14-17)22-16(3)18-8-5-6-9-19(18)23-20-10-7-13-26-25(20)28-24(22)23;1-14-10-11-19(25(3)13-14)20-15(2)16-7-4-5-8-17(16)21-18-9-6-12-24-23(18)26-22(20)21/h6-8,11-17,19H,3-5,9-10H2,1-2H3;5-7,10-16,18H,3-4,8-9H2,1-2H3;5-15H,1-4H3;4-13H,1-3H3/q4*+1/i19D;18D;1D3,15D;1D3. The van der Waals surface area contributed by atoms with Gasteiger partial charge in [-0.05, 0) is 215 Å². The van der Waals surface area contributed by atoms with E-state index < -0.39 is 31.4 Å². The third-order valence-electron chi connectivity index (χ3n) is 24.2. The van der Waals surface area contributed by atoms with Crippen LogP contribution >= 0.6 is 0 Å². The zero-order chi connectivity index (χ0) is 86.2. The molecule has 8 aromatic carbocycles. The highest BCUT2D eigenvalue weighted by molar-refractivity contribution is 6.26. The molecule has 20 aromatic rings. The summed E-state index contributed by atoms with van der Waals surface area (Å²) in [5.74, 6) is -2.69. The first-order valence-electron chi connectivity index (χ1n) is 44.4. The van der Waals surface area contributed by atoms with Crippen LogP contribution in [-0.2, 0) is 28.2 Å². The molecule has 115 heavy (non-hydrogen) atoms. The molecule has 2 aliphatic carbocycles. The Morgan fingerprint density at radius 1 is 0.357 bits per heavy atom. The lowest BCUT2D eigenvalue weighted by Crippen LogP contribution is -2.31. The SMILES string of the molecule is [2H]C([2H])([2H])C([2H])(C)c1ccc(-c2c(C)c3ccccc3c3c2oc2ncccc23)[n+](C)c1.[2H]C([2H])([2H])c1ccc(-c2c(C)c3ccccc3c3c2oc2ncccc23)[n+](C)c1.[2H]C1(c2cc[n+](C)c(-c3c(C)c4ccccc4c4c3oc3ncccc34)c2)CCCC1.[2H]C1(c2cc[n+](C)c(-c3c(C)c4ccccc4c4c3oc3ncccc34)c2)CCCCC1. The molecular formula is C103H94N8O4+4. The molecule has 1 atom stereocenters. The number of pyridine rings is 8. The lowest BCUT2D eigenvalue weighted by Gasteiger charge is -2.22. The molecule has 2 fully saturated rings. The van der Waals surface area contributed by atoms with E-state index in [2.05, 4.69) is 192 Å². The maximum Gasteiger partial charge on any atom is 0.227 e. The minimum absolute atomic E-state index is 0.310. The molecule has 566 valence electrons. The normalized spacial score (nSPS) is 16.0. The molecule has 0 bridgehead atoms. The average Bonchev–Trinajstić information content (AvgIpc) is 1.57. The van der Waals surface area contributed by atoms with E-state index in [1.54, 1.807) is 49.3 Å². The Balaban J connectivity index is 0.000000108. The molecule has 12 heterocycles. The highest BCUT2D eigenvalue weighted by atomic mass is 16.4. The van der Waals surface area contributed by atoms with Gasteiger partial charge in [0.05, 0.1) is 22.3 Å². The number of fused-ring (bicyclic) bond motifs is 20. The third-order valence-corrected chi connectivity index (χ3v) is 24.2. The van der Waals surface area contributed by atoms with Crippen LogP contribution in [0.4, 0.5) is 0 Å². The van der Waals surface area contributed by atoms with Crippen molar-refractivity contribution in [2.24, 2.45) is 28.2 Å². The molecule has 0 N–H and O–H groups in total. The number of benzene rings is 8. The molecule has 0 aliphatic heterocycles. The van der Waals surface area contributed by atoms with E-state index >= 15 is 0 Å². The number of hydrogen-bond donors (Lipinski definition) is 0. The van der Waals surface area contributed by atoms with Crippen LogP contribution < -0.4 is 18.3 Å². The zero-order valence-corrected chi connectivity index (χ0v) is 66.2. The topological polar surface area (TPSA) is 120 Å². The van der Waals surface area contributed by atoms with Gasteiger partial charge in [0, 0.05) is 128 Å². The van der Waals surface area contributed by atoms with E-state index in [1.165, 1.54) is 46.0 Å². The van der Waals surface area contributed by atoms with Gasteiger partial charge >= 0.3 is 0 Å². The molecule has 12 nitrogen and oxygen atoms in total.